The van der Waals surface area contributed by atoms with E-state index in [1.807, 2.05) is 6.07 Å². The summed E-state index contributed by atoms with van der Waals surface area (Å²) in [6, 6.07) is 7.18. The number of nitrogens with zero attached hydrogens (tertiary/aromatic N) is 3. The van der Waals surface area contributed by atoms with Crippen LogP contribution in [0.15, 0.2) is 29.3 Å². The van der Waals surface area contributed by atoms with E-state index in [0.717, 1.165) is 57.3 Å². The lowest BCUT2D eigenvalue weighted by Crippen LogP contribution is -2.46. The monoisotopic (exact) mass is 400 g/mol. The lowest BCUT2D eigenvalue weighted by atomic mass is 10.2. The van der Waals surface area contributed by atoms with Crippen LogP contribution in [0.4, 0.5) is 13.2 Å². The molecule has 6 nitrogen and oxygen atoms in total. The number of alkyl halides is 3. The third-order valence-corrected chi connectivity index (χ3v) is 4.99. The van der Waals surface area contributed by atoms with Crippen molar-refractivity contribution < 1.29 is 22.6 Å². The third-order valence-electron chi connectivity index (χ3n) is 4.99. The van der Waals surface area contributed by atoms with Crippen molar-refractivity contribution in [3.8, 4) is 5.75 Å². The molecule has 2 saturated heterocycles. The molecule has 0 spiro atoms. The Kier molecular flexibility index (Phi) is 7.01. The molecule has 2 heterocycles. The first kappa shape index (κ1) is 20.7. The Morgan fingerprint density at radius 1 is 1.29 bits per heavy atom. The fourth-order valence-electron chi connectivity index (χ4n) is 3.60. The zero-order valence-electron chi connectivity index (χ0n) is 16.0. The van der Waals surface area contributed by atoms with Crippen molar-refractivity contribution in [3.05, 3.63) is 29.8 Å². The number of benzene rings is 1. The Morgan fingerprint density at radius 3 is 2.79 bits per heavy atom. The van der Waals surface area contributed by atoms with Gasteiger partial charge in [0.15, 0.2) is 12.6 Å². The molecule has 0 aliphatic carbocycles. The van der Waals surface area contributed by atoms with E-state index < -0.39 is 12.8 Å². The van der Waals surface area contributed by atoms with Gasteiger partial charge in [-0.05, 0) is 24.1 Å². The van der Waals surface area contributed by atoms with Crippen molar-refractivity contribution in [2.75, 3.05) is 53.0 Å². The van der Waals surface area contributed by atoms with E-state index >= 15 is 0 Å². The van der Waals surface area contributed by atoms with E-state index in [1.54, 1.807) is 19.2 Å². The first-order valence-corrected chi connectivity index (χ1v) is 9.50. The van der Waals surface area contributed by atoms with E-state index in [9.17, 15) is 13.2 Å². The van der Waals surface area contributed by atoms with Gasteiger partial charge >= 0.3 is 6.18 Å². The molecular formula is C19H27F3N4O2. The first-order chi connectivity index (χ1) is 13.4. The van der Waals surface area contributed by atoms with Gasteiger partial charge in [0.05, 0.1) is 13.2 Å². The second-order valence-electron chi connectivity index (χ2n) is 6.99. The average molecular weight is 400 g/mol. The molecular weight excluding hydrogens is 373 g/mol. The summed E-state index contributed by atoms with van der Waals surface area (Å²) in [4.78, 5) is 9.06. The summed E-state index contributed by atoms with van der Waals surface area (Å²) in [7, 11) is 1.74. The molecule has 28 heavy (non-hydrogen) atoms. The zero-order valence-corrected chi connectivity index (χ0v) is 16.0. The van der Waals surface area contributed by atoms with Gasteiger partial charge in [0.2, 0.25) is 0 Å². The Bertz CT molecular complexity index is 663. The Hall–Kier alpha value is -2.00. The summed E-state index contributed by atoms with van der Waals surface area (Å²) >= 11 is 0. The predicted molar refractivity (Wildman–Crippen MR) is 101 cm³/mol. The number of aliphatic imine (C=N–C) groups is 1. The number of likely N-dealkylation sites (tertiary alicyclic amines) is 1. The zero-order chi connectivity index (χ0) is 20.0. The molecule has 1 N–H and O–H groups in total. The second-order valence-corrected chi connectivity index (χ2v) is 6.99. The normalized spacial score (nSPS) is 21.8. The highest BCUT2D eigenvalue weighted by Gasteiger charge is 2.30. The van der Waals surface area contributed by atoms with E-state index in [4.69, 9.17) is 9.47 Å². The van der Waals surface area contributed by atoms with E-state index in [2.05, 4.69) is 20.1 Å². The summed E-state index contributed by atoms with van der Waals surface area (Å²) in [5.74, 6) is 1.01. The fraction of sp³-hybridized carbons (Fsp3) is 0.632. The number of halogens is 3. The summed E-state index contributed by atoms with van der Waals surface area (Å²) in [6.07, 6.45) is -3.26. The van der Waals surface area contributed by atoms with Gasteiger partial charge in [-0.3, -0.25) is 9.89 Å². The van der Waals surface area contributed by atoms with Crippen molar-refractivity contribution in [2.45, 2.75) is 25.2 Å². The van der Waals surface area contributed by atoms with Crippen LogP contribution in [0.5, 0.6) is 5.75 Å². The molecule has 0 radical (unpaired) electrons. The molecule has 0 amide bonds. The van der Waals surface area contributed by atoms with Gasteiger partial charge in [0, 0.05) is 45.8 Å². The van der Waals surface area contributed by atoms with Crippen LogP contribution >= 0.6 is 0 Å². The van der Waals surface area contributed by atoms with Crippen LogP contribution < -0.4 is 10.1 Å². The van der Waals surface area contributed by atoms with Crippen LogP contribution in [0.3, 0.4) is 0 Å². The van der Waals surface area contributed by atoms with Crippen LogP contribution in [0.25, 0.3) is 0 Å². The molecule has 1 atom stereocenters. The molecule has 156 valence electrons. The summed E-state index contributed by atoms with van der Waals surface area (Å²) in [6.45, 7) is 4.53. The van der Waals surface area contributed by atoms with Crippen molar-refractivity contribution in [2.24, 2.45) is 4.99 Å². The number of nitrogens with one attached hydrogen (secondary N) is 1. The molecule has 1 aromatic rings. The molecule has 0 saturated carbocycles. The highest BCUT2D eigenvalue weighted by molar-refractivity contribution is 5.80. The molecule has 2 fully saturated rings. The van der Waals surface area contributed by atoms with Crippen molar-refractivity contribution in [1.82, 2.24) is 15.1 Å². The topological polar surface area (TPSA) is 49.3 Å². The fourth-order valence-corrected chi connectivity index (χ4v) is 3.60. The summed E-state index contributed by atoms with van der Waals surface area (Å²) < 4.78 is 47.2. The second kappa shape index (κ2) is 9.47. The molecule has 2 aliphatic heterocycles. The van der Waals surface area contributed by atoms with Gasteiger partial charge in [-0.2, -0.15) is 13.2 Å². The van der Waals surface area contributed by atoms with Gasteiger partial charge in [0.25, 0.3) is 0 Å². The Morgan fingerprint density at radius 2 is 2.07 bits per heavy atom. The van der Waals surface area contributed by atoms with Crippen molar-refractivity contribution in [3.63, 3.8) is 0 Å². The van der Waals surface area contributed by atoms with Crippen LogP contribution in [-0.2, 0) is 11.3 Å². The largest absolute Gasteiger partial charge is 0.484 e. The molecule has 0 bridgehead atoms. The predicted octanol–water partition coefficient (Wildman–Crippen LogP) is 2.11. The standard InChI is InChI=1S/C19H27F3N4O2/c1-23-18(26-6-5-16(13-26)25-7-9-27-10-8-25)24-12-15-3-2-4-17(11-15)28-14-19(20,21)22/h2-4,11,16H,5-10,12-14H2,1H3,(H,23,24). The SMILES string of the molecule is CN=C(NCc1cccc(OCC(F)(F)F)c1)N1CCC(N2CCOCC2)C1. The smallest absolute Gasteiger partial charge is 0.422 e. The Labute approximate surface area is 163 Å². The molecule has 0 aromatic heterocycles. The van der Waals surface area contributed by atoms with Crippen LogP contribution in [-0.4, -0.2) is 81.0 Å². The van der Waals surface area contributed by atoms with Gasteiger partial charge in [-0.15, -0.1) is 0 Å². The number of hydrogen-bond donors (Lipinski definition) is 1. The molecule has 9 heteroatoms. The van der Waals surface area contributed by atoms with Gasteiger partial charge in [-0.25, -0.2) is 0 Å². The molecule has 3 rings (SSSR count). The Balaban J connectivity index is 1.50. The minimum absolute atomic E-state index is 0.208. The maximum absolute atomic E-state index is 12.3. The lowest BCUT2D eigenvalue weighted by Gasteiger charge is -2.32. The minimum atomic E-state index is -4.34. The van der Waals surface area contributed by atoms with Crippen LogP contribution in [0.1, 0.15) is 12.0 Å². The highest BCUT2D eigenvalue weighted by Crippen LogP contribution is 2.20. The molecule has 2 aliphatic rings. The van der Waals surface area contributed by atoms with E-state index in [1.165, 1.54) is 6.07 Å². The number of rotatable bonds is 5. The maximum Gasteiger partial charge on any atom is 0.422 e. The average Bonchev–Trinajstić information content (AvgIpc) is 3.17. The number of ether oxygens (including phenoxy) is 2. The van der Waals surface area contributed by atoms with E-state index in [0.29, 0.717) is 12.6 Å². The highest BCUT2D eigenvalue weighted by atomic mass is 19.4. The van der Waals surface area contributed by atoms with E-state index in [-0.39, 0.29) is 5.75 Å². The van der Waals surface area contributed by atoms with Crippen molar-refractivity contribution in [1.29, 1.82) is 0 Å². The minimum Gasteiger partial charge on any atom is -0.484 e. The number of morpholine rings is 1. The molecule has 1 unspecified atom stereocenters. The van der Waals surface area contributed by atoms with Crippen LogP contribution in [0.2, 0.25) is 0 Å². The van der Waals surface area contributed by atoms with Gasteiger partial charge in [0.1, 0.15) is 5.75 Å². The number of hydrogen-bond acceptors (Lipinski definition) is 4. The first-order valence-electron chi connectivity index (χ1n) is 9.50. The van der Waals surface area contributed by atoms with Crippen LogP contribution in [0, 0.1) is 0 Å². The summed E-state index contributed by atoms with van der Waals surface area (Å²) in [5.41, 5.74) is 0.838. The molecule has 1 aromatic carbocycles. The van der Waals surface area contributed by atoms with Gasteiger partial charge in [-0.1, -0.05) is 12.1 Å². The third kappa shape index (κ3) is 6.00. The lowest BCUT2D eigenvalue weighted by molar-refractivity contribution is -0.153. The quantitative estimate of drug-likeness (QED) is 0.606. The summed E-state index contributed by atoms with van der Waals surface area (Å²) in [5, 5.41) is 3.31. The van der Waals surface area contributed by atoms with Gasteiger partial charge < -0.3 is 19.7 Å². The maximum atomic E-state index is 12.3. The van der Waals surface area contributed by atoms with Crippen molar-refractivity contribution >= 4 is 5.96 Å². The number of guanidine groups is 1.